The molecule has 0 saturated heterocycles. The lowest BCUT2D eigenvalue weighted by molar-refractivity contribution is -0.123. The first-order chi connectivity index (χ1) is 8.80. The number of carbonyl (C=O) groups is 1. The van der Waals surface area contributed by atoms with Crippen molar-refractivity contribution in [2.75, 3.05) is 5.75 Å². The molecule has 6 heteroatoms. The van der Waals surface area contributed by atoms with E-state index in [4.69, 9.17) is 0 Å². The predicted molar refractivity (Wildman–Crippen MR) is 80.0 cm³/mol. The fourth-order valence-corrected chi connectivity index (χ4v) is 3.39. The van der Waals surface area contributed by atoms with Crippen LogP contribution in [-0.4, -0.2) is 21.1 Å². The van der Waals surface area contributed by atoms with Gasteiger partial charge in [0.2, 0.25) is 0 Å². The molecule has 4 nitrogen and oxygen atoms in total. The molecule has 0 bridgehead atoms. The number of hydrogen-bond donors (Lipinski definition) is 0. The van der Waals surface area contributed by atoms with Crippen LogP contribution in [0, 0.1) is 5.41 Å². The van der Waals surface area contributed by atoms with Crippen LogP contribution in [0.3, 0.4) is 0 Å². The number of rotatable bonds is 3. The van der Waals surface area contributed by atoms with Gasteiger partial charge in [-0.2, -0.15) is 0 Å². The second-order valence-corrected chi connectivity index (χ2v) is 7.20. The summed E-state index contributed by atoms with van der Waals surface area (Å²) in [4.78, 5) is 29.2. The quantitative estimate of drug-likeness (QED) is 0.645. The van der Waals surface area contributed by atoms with E-state index in [2.05, 4.69) is 4.98 Å². The van der Waals surface area contributed by atoms with Crippen molar-refractivity contribution in [3.05, 3.63) is 21.8 Å². The normalized spacial score (nSPS) is 12.0. The maximum absolute atomic E-state index is 12.1. The van der Waals surface area contributed by atoms with Gasteiger partial charge in [-0.25, -0.2) is 4.98 Å². The monoisotopic (exact) mass is 296 g/mol. The van der Waals surface area contributed by atoms with Crippen LogP contribution >= 0.6 is 23.1 Å². The van der Waals surface area contributed by atoms with Crippen LogP contribution in [0.25, 0.3) is 10.2 Å². The van der Waals surface area contributed by atoms with Crippen LogP contribution in [0.5, 0.6) is 0 Å². The van der Waals surface area contributed by atoms with Crippen molar-refractivity contribution >= 4 is 39.1 Å². The van der Waals surface area contributed by atoms with Gasteiger partial charge in [-0.15, -0.1) is 11.3 Å². The molecule has 19 heavy (non-hydrogen) atoms. The van der Waals surface area contributed by atoms with Gasteiger partial charge in [0.1, 0.15) is 10.6 Å². The van der Waals surface area contributed by atoms with E-state index < -0.39 is 0 Å². The summed E-state index contributed by atoms with van der Waals surface area (Å²) in [5, 5.41) is 3.09. The van der Waals surface area contributed by atoms with Gasteiger partial charge < -0.3 is 0 Å². The molecule has 0 unspecified atom stereocenters. The second-order valence-electron chi connectivity index (χ2n) is 5.36. The molecule has 0 N–H and O–H groups in total. The Balaban J connectivity index is 2.29. The SMILES string of the molecule is Cn1c(SCC(=O)C(C)(C)C)nc2sccc2c1=O. The molecular formula is C13H16N2O2S2. The van der Waals surface area contributed by atoms with Gasteiger partial charge in [0.15, 0.2) is 5.16 Å². The van der Waals surface area contributed by atoms with Gasteiger partial charge in [0.05, 0.1) is 11.1 Å². The Hall–Kier alpha value is -1.14. The van der Waals surface area contributed by atoms with Crippen LogP contribution in [0.15, 0.2) is 21.4 Å². The van der Waals surface area contributed by atoms with Gasteiger partial charge in [0.25, 0.3) is 5.56 Å². The number of carbonyl (C=O) groups excluding carboxylic acids is 1. The van der Waals surface area contributed by atoms with E-state index in [0.717, 1.165) is 4.83 Å². The van der Waals surface area contributed by atoms with Crippen LogP contribution in [-0.2, 0) is 11.8 Å². The number of hydrogen-bond acceptors (Lipinski definition) is 5. The maximum atomic E-state index is 12.1. The highest BCUT2D eigenvalue weighted by molar-refractivity contribution is 7.99. The Morgan fingerprint density at radius 2 is 2.16 bits per heavy atom. The third-order valence-corrected chi connectivity index (χ3v) is 4.67. The van der Waals surface area contributed by atoms with Crippen LogP contribution in [0.2, 0.25) is 0 Å². The molecular weight excluding hydrogens is 280 g/mol. The Labute approximate surface area is 119 Å². The average Bonchev–Trinajstić information content (AvgIpc) is 2.78. The number of thiophene rings is 1. The van der Waals surface area contributed by atoms with Crippen molar-refractivity contribution in [3.8, 4) is 0 Å². The molecule has 2 rings (SSSR count). The predicted octanol–water partition coefficient (Wildman–Crippen LogP) is 2.70. The highest BCUT2D eigenvalue weighted by Gasteiger charge is 2.22. The van der Waals surface area contributed by atoms with Gasteiger partial charge in [-0.05, 0) is 11.4 Å². The molecule has 0 amide bonds. The van der Waals surface area contributed by atoms with Crippen LogP contribution in [0.1, 0.15) is 20.8 Å². The standard InChI is InChI=1S/C13H16N2O2S2/c1-13(2,3)9(16)7-19-12-14-10-8(5-6-18-10)11(17)15(12)4/h5-6H,7H2,1-4H3. The molecule has 0 aliphatic rings. The number of fused-ring (bicyclic) bond motifs is 1. The minimum Gasteiger partial charge on any atom is -0.298 e. The van der Waals surface area contributed by atoms with E-state index in [1.165, 1.54) is 27.7 Å². The molecule has 2 heterocycles. The molecule has 2 aromatic heterocycles. The number of nitrogens with zero attached hydrogens (tertiary/aromatic N) is 2. The van der Waals surface area contributed by atoms with Crippen LogP contribution in [0.4, 0.5) is 0 Å². The molecule has 0 spiro atoms. The van der Waals surface area contributed by atoms with Crippen LogP contribution < -0.4 is 5.56 Å². The summed E-state index contributed by atoms with van der Waals surface area (Å²) >= 11 is 2.76. The van der Waals surface area contributed by atoms with E-state index in [0.29, 0.717) is 16.3 Å². The molecule has 0 fully saturated rings. The fraction of sp³-hybridized carbons (Fsp3) is 0.462. The fourth-order valence-electron chi connectivity index (χ4n) is 1.46. The summed E-state index contributed by atoms with van der Waals surface area (Å²) in [6.45, 7) is 5.68. The van der Waals surface area contributed by atoms with E-state index in [1.807, 2.05) is 26.2 Å². The summed E-state index contributed by atoms with van der Waals surface area (Å²) < 4.78 is 1.51. The topological polar surface area (TPSA) is 52.0 Å². The van der Waals surface area contributed by atoms with Gasteiger partial charge in [-0.1, -0.05) is 32.5 Å². The third-order valence-electron chi connectivity index (χ3n) is 2.83. The minimum atomic E-state index is -0.362. The smallest absolute Gasteiger partial charge is 0.262 e. The van der Waals surface area contributed by atoms with Crippen molar-refractivity contribution < 1.29 is 4.79 Å². The van der Waals surface area contributed by atoms with Crippen molar-refractivity contribution in [3.63, 3.8) is 0 Å². The Bertz CT molecular complexity index is 680. The summed E-state index contributed by atoms with van der Waals surface area (Å²) in [7, 11) is 1.69. The van der Waals surface area contributed by atoms with E-state index in [1.54, 1.807) is 13.1 Å². The van der Waals surface area contributed by atoms with E-state index >= 15 is 0 Å². The van der Waals surface area contributed by atoms with Gasteiger partial charge in [0, 0.05) is 12.5 Å². The number of ketones is 1. The molecule has 0 saturated carbocycles. The summed E-state index contributed by atoms with van der Waals surface area (Å²) in [5.74, 6) is 0.485. The van der Waals surface area contributed by atoms with Crippen molar-refractivity contribution in [2.45, 2.75) is 25.9 Å². The van der Waals surface area contributed by atoms with Gasteiger partial charge >= 0.3 is 0 Å². The molecule has 2 aromatic rings. The summed E-state index contributed by atoms with van der Waals surface area (Å²) in [6, 6.07) is 1.78. The van der Waals surface area contributed by atoms with Gasteiger partial charge in [-0.3, -0.25) is 14.2 Å². The van der Waals surface area contributed by atoms with E-state index in [-0.39, 0.29) is 16.8 Å². The molecule has 0 atom stereocenters. The summed E-state index contributed by atoms with van der Waals surface area (Å²) in [5.41, 5.74) is -0.421. The molecule has 0 aliphatic heterocycles. The zero-order valence-electron chi connectivity index (χ0n) is 11.4. The minimum absolute atomic E-state index is 0.0584. The van der Waals surface area contributed by atoms with Crippen molar-refractivity contribution in [1.82, 2.24) is 9.55 Å². The molecule has 0 aromatic carbocycles. The first-order valence-electron chi connectivity index (χ1n) is 5.91. The number of Topliss-reactive ketones (excluding diaryl/α,β-unsaturated/α-hetero) is 1. The largest absolute Gasteiger partial charge is 0.298 e. The Kier molecular flexibility index (Phi) is 3.82. The lowest BCUT2D eigenvalue weighted by Crippen LogP contribution is -2.24. The third kappa shape index (κ3) is 2.90. The van der Waals surface area contributed by atoms with E-state index in [9.17, 15) is 9.59 Å². The number of thioether (sulfide) groups is 1. The zero-order chi connectivity index (χ0) is 14.2. The average molecular weight is 296 g/mol. The highest BCUT2D eigenvalue weighted by Crippen LogP contribution is 2.23. The first kappa shape index (κ1) is 14.3. The summed E-state index contributed by atoms with van der Waals surface area (Å²) in [6.07, 6.45) is 0. The number of aromatic nitrogens is 2. The molecule has 0 aliphatic carbocycles. The molecule has 0 radical (unpaired) electrons. The zero-order valence-corrected chi connectivity index (χ0v) is 13.0. The first-order valence-corrected chi connectivity index (χ1v) is 7.77. The second kappa shape index (κ2) is 5.09. The van der Waals surface area contributed by atoms with Crippen molar-refractivity contribution in [1.29, 1.82) is 0 Å². The Morgan fingerprint density at radius 1 is 1.47 bits per heavy atom. The lowest BCUT2D eigenvalue weighted by atomic mass is 9.92. The van der Waals surface area contributed by atoms with Crippen molar-refractivity contribution in [2.24, 2.45) is 12.5 Å². The Morgan fingerprint density at radius 3 is 2.79 bits per heavy atom. The molecule has 102 valence electrons. The highest BCUT2D eigenvalue weighted by atomic mass is 32.2. The lowest BCUT2D eigenvalue weighted by Gasteiger charge is -2.16. The maximum Gasteiger partial charge on any atom is 0.262 e.